The number of alkyl halides is 3. The average Bonchev–Trinajstić information content (AvgIpc) is 2.32. The van der Waals surface area contributed by atoms with E-state index in [0.29, 0.717) is 6.07 Å². The van der Waals surface area contributed by atoms with Crippen molar-refractivity contribution in [3.05, 3.63) is 64.3 Å². The van der Waals surface area contributed by atoms with E-state index in [9.17, 15) is 18.0 Å². The first-order chi connectivity index (χ1) is 8.47. The molecule has 1 aromatic heterocycles. The van der Waals surface area contributed by atoms with Crippen LogP contribution in [0.4, 0.5) is 13.2 Å². The molecule has 0 aliphatic carbocycles. The van der Waals surface area contributed by atoms with Crippen molar-refractivity contribution in [3.8, 4) is 0 Å². The fourth-order valence-corrected chi connectivity index (χ4v) is 1.48. The summed E-state index contributed by atoms with van der Waals surface area (Å²) in [5, 5.41) is 0. The lowest BCUT2D eigenvalue weighted by Gasteiger charge is -2.08. The van der Waals surface area contributed by atoms with Crippen molar-refractivity contribution >= 4 is 0 Å². The predicted molar refractivity (Wildman–Crippen MR) is 59.0 cm³/mol. The highest BCUT2D eigenvalue weighted by Crippen LogP contribution is 2.25. The van der Waals surface area contributed by atoms with Gasteiger partial charge in [-0.1, -0.05) is 30.3 Å². The number of nitrogens with zero attached hydrogens (tertiary/aromatic N) is 2. The van der Waals surface area contributed by atoms with Gasteiger partial charge in [0.1, 0.15) is 0 Å². The van der Waals surface area contributed by atoms with Crippen LogP contribution in [0.15, 0.2) is 47.5 Å². The molecule has 0 saturated carbocycles. The Morgan fingerprint density at radius 1 is 1.17 bits per heavy atom. The Balaban J connectivity index is 2.29. The maximum atomic E-state index is 12.3. The SMILES string of the molecule is O=c1cc(C(F)(F)F)ncn1Cc1ccccc1. The number of hydrogen-bond donors (Lipinski definition) is 0. The Morgan fingerprint density at radius 3 is 2.39 bits per heavy atom. The normalized spacial score (nSPS) is 11.5. The Bertz CT molecular complexity index is 590. The van der Waals surface area contributed by atoms with Crippen LogP contribution in [0.25, 0.3) is 0 Å². The summed E-state index contributed by atoms with van der Waals surface area (Å²) >= 11 is 0. The molecule has 3 nitrogen and oxygen atoms in total. The van der Waals surface area contributed by atoms with Crippen molar-refractivity contribution in [3.63, 3.8) is 0 Å². The minimum Gasteiger partial charge on any atom is -0.295 e. The largest absolute Gasteiger partial charge is 0.433 e. The highest BCUT2D eigenvalue weighted by atomic mass is 19.4. The third-order valence-corrected chi connectivity index (χ3v) is 2.37. The fourth-order valence-electron chi connectivity index (χ4n) is 1.48. The molecule has 0 amide bonds. The second kappa shape index (κ2) is 4.64. The van der Waals surface area contributed by atoms with Gasteiger partial charge in [-0.05, 0) is 5.56 Å². The Morgan fingerprint density at radius 2 is 1.83 bits per heavy atom. The number of benzene rings is 1. The molecule has 0 atom stereocenters. The first kappa shape index (κ1) is 12.3. The van der Waals surface area contributed by atoms with E-state index in [1.807, 2.05) is 6.07 Å². The van der Waals surface area contributed by atoms with E-state index in [1.165, 1.54) is 0 Å². The molecule has 6 heteroatoms. The van der Waals surface area contributed by atoms with Gasteiger partial charge in [0, 0.05) is 6.07 Å². The van der Waals surface area contributed by atoms with E-state index < -0.39 is 17.4 Å². The minimum absolute atomic E-state index is 0.199. The zero-order valence-corrected chi connectivity index (χ0v) is 9.19. The molecule has 2 aromatic rings. The van der Waals surface area contributed by atoms with Gasteiger partial charge >= 0.3 is 6.18 Å². The smallest absolute Gasteiger partial charge is 0.295 e. The van der Waals surface area contributed by atoms with Gasteiger partial charge in [0.2, 0.25) is 0 Å². The molecule has 0 fully saturated rings. The highest BCUT2D eigenvalue weighted by Gasteiger charge is 2.32. The molecule has 2 rings (SSSR count). The van der Waals surface area contributed by atoms with E-state index >= 15 is 0 Å². The maximum Gasteiger partial charge on any atom is 0.433 e. The number of rotatable bonds is 2. The van der Waals surface area contributed by atoms with Crippen molar-refractivity contribution in [1.29, 1.82) is 0 Å². The molecule has 0 N–H and O–H groups in total. The van der Waals surface area contributed by atoms with Gasteiger partial charge in [-0.3, -0.25) is 9.36 Å². The van der Waals surface area contributed by atoms with Gasteiger partial charge in [-0.15, -0.1) is 0 Å². The molecule has 0 saturated heterocycles. The van der Waals surface area contributed by atoms with Crippen molar-refractivity contribution < 1.29 is 13.2 Å². The molecule has 0 aliphatic heterocycles. The number of halogens is 3. The van der Waals surface area contributed by atoms with Crippen LogP contribution in [0.5, 0.6) is 0 Å². The lowest BCUT2D eigenvalue weighted by molar-refractivity contribution is -0.141. The Kier molecular flexibility index (Phi) is 3.18. The fraction of sp³-hybridized carbons (Fsp3) is 0.167. The topological polar surface area (TPSA) is 34.9 Å². The molecule has 1 aromatic carbocycles. The first-order valence-electron chi connectivity index (χ1n) is 5.14. The van der Waals surface area contributed by atoms with Gasteiger partial charge in [-0.25, -0.2) is 4.98 Å². The minimum atomic E-state index is -4.59. The van der Waals surface area contributed by atoms with Crippen molar-refractivity contribution in [1.82, 2.24) is 9.55 Å². The summed E-state index contributed by atoms with van der Waals surface area (Å²) < 4.78 is 38.1. The molecular formula is C12H9F3N2O. The predicted octanol–water partition coefficient (Wildman–Crippen LogP) is 2.31. The summed E-state index contributed by atoms with van der Waals surface area (Å²) in [6, 6.07) is 9.46. The summed E-state index contributed by atoms with van der Waals surface area (Å²) in [5.74, 6) is 0. The van der Waals surface area contributed by atoms with Gasteiger partial charge < -0.3 is 0 Å². The molecule has 0 unspecified atom stereocenters. The monoisotopic (exact) mass is 254 g/mol. The van der Waals surface area contributed by atoms with Crippen LogP contribution in [0.3, 0.4) is 0 Å². The summed E-state index contributed by atoms with van der Waals surface area (Å²) in [4.78, 5) is 14.8. The van der Waals surface area contributed by atoms with Crippen molar-refractivity contribution in [2.75, 3.05) is 0 Å². The van der Waals surface area contributed by atoms with Crippen LogP contribution in [-0.4, -0.2) is 9.55 Å². The molecule has 0 aliphatic rings. The van der Waals surface area contributed by atoms with Crippen LogP contribution in [-0.2, 0) is 12.7 Å². The number of aromatic nitrogens is 2. The van der Waals surface area contributed by atoms with Crippen molar-refractivity contribution in [2.45, 2.75) is 12.7 Å². The second-order valence-corrected chi connectivity index (χ2v) is 3.72. The third kappa shape index (κ3) is 2.77. The molecule has 0 bridgehead atoms. The molecule has 0 spiro atoms. The van der Waals surface area contributed by atoms with Crippen molar-refractivity contribution in [2.24, 2.45) is 0 Å². The van der Waals surface area contributed by atoms with Gasteiger partial charge in [0.25, 0.3) is 5.56 Å². The average molecular weight is 254 g/mol. The van der Waals surface area contributed by atoms with Crippen LogP contribution < -0.4 is 5.56 Å². The third-order valence-electron chi connectivity index (χ3n) is 2.37. The summed E-state index contributed by atoms with van der Waals surface area (Å²) in [5.41, 5.74) is -1.07. The standard InChI is InChI=1S/C12H9F3N2O/c13-12(14,15)10-6-11(18)17(8-16-10)7-9-4-2-1-3-5-9/h1-6,8H,7H2. The molecule has 94 valence electrons. The van der Waals surface area contributed by atoms with Crippen LogP contribution in [0.2, 0.25) is 0 Å². The van der Waals surface area contributed by atoms with Crippen LogP contribution >= 0.6 is 0 Å². The van der Waals surface area contributed by atoms with E-state index in [1.54, 1.807) is 24.3 Å². The lowest BCUT2D eigenvalue weighted by atomic mass is 10.2. The van der Waals surface area contributed by atoms with Gasteiger partial charge in [0.05, 0.1) is 12.9 Å². The Labute approximate surface area is 101 Å². The van der Waals surface area contributed by atoms with Gasteiger partial charge in [0.15, 0.2) is 5.69 Å². The van der Waals surface area contributed by atoms with E-state index in [2.05, 4.69) is 4.98 Å². The molecular weight excluding hydrogens is 245 g/mol. The van der Waals surface area contributed by atoms with Crippen LogP contribution in [0, 0.1) is 0 Å². The zero-order valence-electron chi connectivity index (χ0n) is 9.19. The summed E-state index contributed by atoms with van der Waals surface area (Å²) in [6.07, 6.45) is -3.68. The molecule has 1 heterocycles. The second-order valence-electron chi connectivity index (χ2n) is 3.72. The van der Waals surface area contributed by atoms with Gasteiger partial charge in [-0.2, -0.15) is 13.2 Å². The quantitative estimate of drug-likeness (QED) is 0.824. The highest BCUT2D eigenvalue weighted by molar-refractivity contribution is 5.15. The zero-order chi connectivity index (χ0) is 13.2. The van der Waals surface area contributed by atoms with E-state index in [0.717, 1.165) is 16.5 Å². The lowest BCUT2D eigenvalue weighted by Crippen LogP contribution is -2.23. The maximum absolute atomic E-state index is 12.3. The molecule has 0 radical (unpaired) electrons. The first-order valence-corrected chi connectivity index (χ1v) is 5.14. The summed E-state index contributed by atoms with van der Waals surface area (Å²) in [7, 11) is 0. The number of hydrogen-bond acceptors (Lipinski definition) is 2. The van der Waals surface area contributed by atoms with Crippen LogP contribution in [0.1, 0.15) is 11.3 Å². The molecule has 18 heavy (non-hydrogen) atoms. The van der Waals surface area contributed by atoms with E-state index in [4.69, 9.17) is 0 Å². The Hall–Kier alpha value is -2.11. The summed E-state index contributed by atoms with van der Waals surface area (Å²) in [6.45, 7) is 0.199. The van der Waals surface area contributed by atoms with E-state index in [-0.39, 0.29) is 6.54 Å².